The summed E-state index contributed by atoms with van der Waals surface area (Å²) in [6, 6.07) is 12.6. The molecule has 0 aliphatic carbocycles. The Bertz CT molecular complexity index is 1480. The summed E-state index contributed by atoms with van der Waals surface area (Å²) < 4.78 is 18.8. The zero-order valence-corrected chi connectivity index (χ0v) is 23.3. The third-order valence-electron chi connectivity index (χ3n) is 7.96. The molecule has 208 valence electrons. The molecule has 1 aromatic heterocycles. The molecular formula is C30H32ClFN6O2. The molecule has 0 radical (unpaired) electrons. The number of benzene rings is 2. The summed E-state index contributed by atoms with van der Waals surface area (Å²) in [6.45, 7) is 5.40. The fourth-order valence-electron chi connectivity index (χ4n) is 5.84. The molecule has 4 heterocycles. The van der Waals surface area contributed by atoms with Crippen LogP contribution < -0.4 is 14.5 Å². The summed E-state index contributed by atoms with van der Waals surface area (Å²) in [5.41, 5.74) is 3.16. The average molecular weight is 563 g/mol. The number of fused-ring (bicyclic) bond motifs is 2. The van der Waals surface area contributed by atoms with Gasteiger partial charge in [0.15, 0.2) is 0 Å². The Morgan fingerprint density at radius 3 is 2.62 bits per heavy atom. The van der Waals surface area contributed by atoms with Gasteiger partial charge in [0, 0.05) is 62.5 Å². The number of amides is 1. The number of methoxy groups -OCH3 is 1. The van der Waals surface area contributed by atoms with Crippen LogP contribution in [-0.4, -0.2) is 91.3 Å². The zero-order chi connectivity index (χ0) is 27.6. The number of aromatic nitrogens is 2. The van der Waals surface area contributed by atoms with Gasteiger partial charge in [-0.15, -0.1) is 0 Å². The predicted molar refractivity (Wildman–Crippen MR) is 155 cm³/mol. The van der Waals surface area contributed by atoms with Crippen molar-refractivity contribution >= 4 is 39.8 Å². The van der Waals surface area contributed by atoms with E-state index in [1.54, 1.807) is 12.0 Å². The number of ether oxygens (including phenoxy) is 1. The number of carbonyl (C=O) groups excluding carboxylic acids is 1. The molecule has 2 saturated heterocycles. The zero-order valence-electron chi connectivity index (χ0n) is 22.6. The first-order valence-electron chi connectivity index (χ1n) is 13.8. The van der Waals surface area contributed by atoms with Crippen molar-refractivity contribution in [1.29, 1.82) is 0 Å². The molecule has 0 bridgehead atoms. The van der Waals surface area contributed by atoms with Crippen LogP contribution in [0.3, 0.4) is 0 Å². The van der Waals surface area contributed by atoms with E-state index in [1.807, 2.05) is 17.0 Å². The highest BCUT2D eigenvalue weighted by molar-refractivity contribution is 6.36. The van der Waals surface area contributed by atoms with Crippen molar-refractivity contribution in [1.82, 2.24) is 19.8 Å². The van der Waals surface area contributed by atoms with Crippen molar-refractivity contribution in [3.05, 3.63) is 52.7 Å². The van der Waals surface area contributed by atoms with Crippen LogP contribution in [0.1, 0.15) is 17.7 Å². The third-order valence-corrected chi connectivity index (χ3v) is 8.27. The van der Waals surface area contributed by atoms with Gasteiger partial charge in [-0.3, -0.25) is 9.69 Å². The quantitative estimate of drug-likeness (QED) is 0.451. The molecule has 3 aromatic rings. The summed E-state index contributed by atoms with van der Waals surface area (Å²) in [5.74, 6) is 6.38. The Labute approximate surface area is 238 Å². The second-order valence-electron chi connectivity index (χ2n) is 10.4. The fraction of sp³-hybridized carbons (Fsp3) is 0.433. The average Bonchev–Trinajstić information content (AvgIpc) is 3.40. The molecular weight excluding hydrogens is 531 g/mol. The maximum absolute atomic E-state index is 13.4. The number of halogens is 2. The van der Waals surface area contributed by atoms with Crippen molar-refractivity contribution in [3.63, 3.8) is 0 Å². The predicted octanol–water partition coefficient (Wildman–Crippen LogP) is 3.55. The minimum absolute atomic E-state index is 0.178. The molecule has 6 rings (SSSR count). The molecule has 2 fully saturated rings. The Balaban J connectivity index is 1.16. The normalized spacial score (nSPS) is 19.4. The molecule has 3 aliphatic heterocycles. The van der Waals surface area contributed by atoms with Gasteiger partial charge < -0.3 is 19.4 Å². The molecule has 1 amide bonds. The minimum atomic E-state index is -0.781. The van der Waals surface area contributed by atoms with E-state index in [2.05, 4.69) is 45.9 Å². The summed E-state index contributed by atoms with van der Waals surface area (Å²) in [6.07, 6.45) is 0.553. The lowest BCUT2D eigenvalue weighted by atomic mass is 10.0. The molecule has 0 saturated carbocycles. The molecule has 3 aliphatic rings. The number of alkyl halides is 1. The lowest BCUT2D eigenvalue weighted by Gasteiger charge is -2.37. The first-order valence-corrected chi connectivity index (χ1v) is 14.1. The van der Waals surface area contributed by atoms with Crippen LogP contribution in [0.25, 0.3) is 10.8 Å². The number of hydrogen-bond donors (Lipinski definition) is 0. The monoisotopic (exact) mass is 562 g/mol. The topological polar surface area (TPSA) is 65.0 Å². The summed E-state index contributed by atoms with van der Waals surface area (Å²) in [4.78, 5) is 30.4. The fourth-order valence-corrected chi connectivity index (χ4v) is 6.12. The highest BCUT2D eigenvalue weighted by Gasteiger charge is 2.29. The van der Waals surface area contributed by atoms with E-state index in [1.165, 1.54) is 0 Å². The lowest BCUT2D eigenvalue weighted by Crippen LogP contribution is -2.49. The van der Waals surface area contributed by atoms with Gasteiger partial charge in [0.2, 0.25) is 0 Å². The van der Waals surface area contributed by atoms with Crippen LogP contribution in [0.2, 0.25) is 5.02 Å². The van der Waals surface area contributed by atoms with Crippen molar-refractivity contribution < 1.29 is 13.9 Å². The molecule has 1 unspecified atom stereocenters. The van der Waals surface area contributed by atoms with Gasteiger partial charge >= 0.3 is 6.01 Å². The Hall–Kier alpha value is -3.61. The van der Waals surface area contributed by atoms with Gasteiger partial charge in [-0.05, 0) is 36.3 Å². The summed E-state index contributed by atoms with van der Waals surface area (Å²) >= 11 is 6.62. The smallest absolute Gasteiger partial charge is 0.318 e. The third kappa shape index (κ3) is 5.38. The van der Waals surface area contributed by atoms with E-state index in [4.69, 9.17) is 26.3 Å². The van der Waals surface area contributed by atoms with Crippen molar-refractivity contribution in [2.75, 3.05) is 69.3 Å². The number of rotatable bonds is 4. The first-order chi connectivity index (χ1) is 19.5. The second kappa shape index (κ2) is 11.5. The number of piperazine rings is 1. The van der Waals surface area contributed by atoms with E-state index in [-0.39, 0.29) is 5.91 Å². The molecule has 8 nitrogen and oxygen atoms in total. The van der Waals surface area contributed by atoms with Gasteiger partial charge in [0.05, 0.1) is 30.9 Å². The maximum atomic E-state index is 13.4. The standard InChI is InChI=1S/C30H32ClFN6O2/c1-40-30-33-25-20-38(26-8-3-6-21-5-2-7-24(31)28(21)26)14-11-23(25)29(34-30)37-17-15-36(16-18-37)27(39)9-4-12-35-13-10-22(32)19-35/h2-3,5-8,22H,10-20H2,1H3. The van der Waals surface area contributed by atoms with Crippen molar-refractivity contribution in [2.45, 2.75) is 25.6 Å². The number of nitrogens with zero attached hydrogens (tertiary/aromatic N) is 6. The van der Waals surface area contributed by atoms with Crippen LogP contribution in [-0.2, 0) is 17.8 Å². The van der Waals surface area contributed by atoms with E-state index < -0.39 is 6.17 Å². The molecule has 0 spiro atoms. The van der Waals surface area contributed by atoms with Crippen LogP contribution >= 0.6 is 11.6 Å². The van der Waals surface area contributed by atoms with Gasteiger partial charge in [-0.25, -0.2) is 4.39 Å². The number of anilines is 2. The Kier molecular flexibility index (Phi) is 7.63. The second-order valence-corrected chi connectivity index (χ2v) is 10.9. The maximum Gasteiger partial charge on any atom is 0.318 e. The molecule has 0 N–H and O–H groups in total. The number of likely N-dealkylation sites (tertiary alicyclic amines) is 1. The van der Waals surface area contributed by atoms with Crippen LogP contribution in [0.4, 0.5) is 15.9 Å². The highest BCUT2D eigenvalue weighted by atomic mass is 35.5. The molecule has 2 aromatic carbocycles. The lowest BCUT2D eigenvalue weighted by molar-refractivity contribution is -0.125. The number of hydrogen-bond acceptors (Lipinski definition) is 7. The minimum Gasteiger partial charge on any atom is -0.467 e. The van der Waals surface area contributed by atoms with Gasteiger partial charge in [0.1, 0.15) is 12.0 Å². The van der Waals surface area contributed by atoms with Crippen molar-refractivity contribution in [3.8, 4) is 17.9 Å². The van der Waals surface area contributed by atoms with Crippen LogP contribution in [0, 0.1) is 11.8 Å². The van der Waals surface area contributed by atoms with Gasteiger partial charge in [-0.2, -0.15) is 9.97 Å². The Morgan fingerprint density at radius 1 is 1.07 bits per heavy atom. The van der Waals surface area contributed by atoms with Gasteiger partial charge in [0.25, 0.3) is 5.91 Å². The highest BCUT2D eigenvalue weighted by Crippen LogP contribution is 2.37. The first kappa shape index (κ1) is 26.6. The molecule has 1 atom stereocenters. The van der Waals surface area contributed by atoms with E-state index >= 15 is 0 Å². The van der Waals surface area contributed by atoms with E-state index in [9.17, 15) is 9.18 Å². The van der Waals surface area contributed by atoms with E-state index in [0.29, 0.717) is 64.8 Å². The molecule has 10 heteroatoms. The van der Waals surface area contributed by atoms with Gasteiger partial charge in [-0.1, -0.05) is 41.8 Å². The van der Waals surface area contributed by atoms with Crippen molar-refractivity contribution in [2.24, 2.45) is 0 Å². The summed E-state index contributed by atoms with van der Waals surface area (Å²) in [7, 11) is 1.59. The van der Waals surface area contributed by atoms with Crippen LogP contribution in [0.5, 0.6) is 6.01 Å². The Morgan fingerprint density at radius 2 is 1.88 bits per heavy atom. The molecule has 40 heavy (non-hydrogen) atoms. The SMILES string of the molecule is COc1nc2c(c(N3CCN(C(=O)C#CCN4CCC(F)C4)CC3)n1)CCN(c1cccc3cccc(Cl)c13)C2. The largest absolute Gasteiger partial charge is 0.467 e. The van der Waals surface area contributed by atoms with E-state index in [0.717, 1.165) is 51.5 Å². The van der Waals surface area contributed by atoms with Crippen LogP contribution in [0.15, 0.2) is 36.4 Å². The summed E-state index contributed by atoms with van der Waals surface area (Å²) in [5, 5.41) is 2.90. The number of carbonyl (C=O) groups is 1.